The van der Waals surface area contributed by atoms with Crippen molar-refractivity contribution in [3.05, 3.63) is 54.1 Å². The average Bonchev–Trinajstić information content (AvgIpc) is 2.56. The lowest BCUT2D eigenvalue weighted by Gasteiger charge is -2.10. The van der Waals surface area contributed by atoms with E-state index in [1.54, 1.807) is 12.1 Å². The molecular formula is C18H22N2O3. The maximum absolute atomic E-state index is 11.9. The van der Waals surface area contributed by atoms with Gasteiger partial charge >= 0.3 is 6.03 Å². The van der Waals surface area contributed by atoms with Gasteiger partial charge in [0.1, 0.15) is 11.5 Å². The van der Waals surface area contributed by atoms with Crippen LogP contribution in [0.1, 0.15) is 19.4 Å². The van der Waals surface area contributed by atoms with Crippen molar-refractivity contribution in [2.45, 2.75) is 20.4 Å². The standard InChI is InChI=1S/C18H22N2O3/c1-3-22-16-10-8-15(9-11-16)20-18(21)19-13-14-6-5-7-17(12-14)23-4-2/h5-12H,3-4,13H2,1-2H3,(H2,19,20,21). The number of benzene rings is 2. The van der Waals surface area contributed by atoms with Crippen LogP contribution in [-0.2, 0) is 6.54 Å². The van der Waals surface area contributed by atoms with Crippen molar-refractivity contribution < 1.29 is 14.3 Å². The van der Waals surface area contributed by atoms with E-state index in [1.807, 2.05) is 50.2 Å². The number of carbonyl (C=O) groups excluding carboxylic acids is 1. The highest BCUT2D eigenvalue weighted by Crippen LogP contribution is 2.16. The quantitative estimate of drug-likeness (QED) is 0.817. The maximum atomic E-state index is 11.9. The summed E-state index contributed by atoms with van der Waals surface area (Å²) in [7, 11) is 0. The minimum Gasteiger partial charge on any atom is -0.494 e. The summed E-state index contributed by atoms with van der Waals surface area (Å²) in [6.07, 6.45) is 0. The van der Waals surface area contributed by atoms with Crippen LogP contribution in [0, 0.1) is 0 Å². The second-order valence-electron chi connectivity index (χ2n) is 4.85. The molecule has 0 unspecified atom stereocenters. The number of rotatable bonds is 7. The fraction of sp³-hybridized carbons (Fsp3) is 0.278. The van der Waals surface area contributed by atoms with Crippen LogP contribution < -0.4 is 20.1 Å². The van der Waals surface area contributed by atoms with E-state index in [0.29, 0.717) is 25.4 Å². The molecule has 0 saturated heterocycles. The normalized spacial score (nSPS) is 10.0. The molecule has 23 heavy (non-hydrogen) atoms. The Morgan fingerprint density at radius 3 is 2.35 bits per heavy atom. The molecule has 2 N–H and O–H groups in total. The molecular weight excluding hydrogens is 292 g/mol. The molecule has 0 saturated carbocycles. The minimum atomic E-state index is -0.254. The molecule has 0 aliphatic rings. The van der Waals surface area contributed by atoms with Crippen molar-refractivity contribution in [2.24, 2.45) is 0 Å². The molecule has 2 aromatic rings. The first-order valence-electron chi connectivity index (χ1n) is 7.70. The molecule has 0 heterocycles. The van der Waals surface area contributed by atoms with Crippen molar-refractivity contribution in [3.8, 4) is 11.5 Å². The fourth-order valence-corrected chi connectivity index (χ4v) is 2.07. The molecule has 2 amide bonds. The molecule has 5 heteroatoms. The molecule has 0 atom stereocenters. The van der Waals surface area contributed by atoms with Gasteiger partial charge in [0.2, 0.25) is 0 Å². The van der Waals surface area contributed by atoms with Crippen molar-refractivity contribution in [3.63, 3.8) is 0 Å². The van der Waals surface area contributed by atoms with Gasteiger partial charge in [0.05, 0.1) is 13.2 Å². The Hall–Kier alpha value is -2.69. The highest BCUT2D eigenvalue weighted by molar-refractivity contribution is 5.89. The van der Waals surface area contributed by atoms with Crippen molar-refractivity contribution >= 4 is 11.7 Å². The zero-order chi connectivity index (χ0) is 16.5. The highest BCUT2D eigenvalue weighted by Gasteiger charge is 2.03. The van der Waals surface area contributed by atoms with Gasteiger partial charge < -0.3 is 20.1 Å². The zero-order valence-electron chi connectivity index (χ0n) is 13.5. The van der Waals surface area contributed by atoms with E-state index in [4.69, 9.17) is 9.47 Å². The largest absolute Gasteiger partial charge is 0.494 e. The molecule has 0 fully saturated rings. The summed E-state index contributed by atoms with van der Waals surface area (Å²) in [4.78, 5) is 11.9. The number of urea groups is 1. The minimum absolute atomic E-state index is 0.254. The summed E-state index contributed by atoms with van der Waals surface area (Å²) in [6.45, 7) is 5.54. The van der Waals surface area contributed by atoms with Gasteiger partial charge in [-0.15, -0.1) is 0 Å². The van der Waals surface area contributed by atoms with Crippen LogP contribution in [0.25, 0.3) is 0 Å². The molecule has 0 bridgehead atoms. The van der Waals surface area contributed by atoms with E-state index < -0.39 is 0 Å². The lowest BCUT2D eigenvalue weighted by molar-refractivity contribution is 0.251. The first-order valence-corrected chi connectivity index (χ1v) is 7.70. The summed E-state index contributed by atoms with van der Waals surface area (Å²) in [5.41, 5.74) is 1.70. The van der Waals surface area contributed by atoms with Crippen LogP contribution in [-0.4, -0.2) is 19.2 Å². The first kappa shape index (κ1) is 16.7. The van der Waals surface area contributed by atoms with Gasteiger partial charge in [0.25, 0.3) is 0 Å². The molecule has 5 nitrogen and oxygen atoms in total. The molecule has 2 aromatic carbocycles. The van der Waals surface area contributed by atoms with Gasteiger partial charge in [-0.25, -0.2) is 4.79 Å². The third-order valence-corrected chi connectivity index (χ3v) is 3.09. The predicted octanol–water partition coefficient (Wildman–Crippen LogP) is 3.81. The molecule has 122 valence electrons. The van der Waals surface area contributed by atoms with Gasteiger partial charge in [0.15, 0.2) is 0 Å². The van der Waals surface area contributed by atoms with Crippen molar-refractivity contribution in [1.29, 1.82) is 0 Å². The SMILES string of the molecule is CCOc1ccc(NC(=O)NCc2cccc(OCC)c2)cc1. The van der Waals surface area contributed by atoms with Gasteiger partial charge in [-0.05, 0) is 55.8 Å². The van der Waals surface area contributed by atoms with Crippen LogP contribution in [0.5, 0.6) is 11.5 Å². The Morgan fingerprint density at radius 1 is 0.957 bits per heavy atom. The van der Waals surface area contributed by atoms with Crippen LogP contribution in [0.4, 0.5) is 10.5 Å². The lowest BCUT2D eigenvalue weighted by atomic mass is 10.2. The van der Waals surface area contributed by atoms with E-state index in [-0.39, 0.29) is 6.03 Å². The Bertz CT molecular complexity index is 626. The Morgan fingerprint density at radius 2 is 1.65 bits per heavy atom. The smallest absolute Gasteiger partial charge is 0.319 e. The summed E-state index contributed by atoms with van der Waals surface area (Å²) in [5.74, 6) is 1.59. The number of nitrogens with one attached hydrogen (secondary N) is 2. The van der Waals surface area contributed by atoms with Crippen LogP contribution in [0.15, 0.2) is 48.5 Å². The van der Waals surface area contributed by atoms with Gasteiger partial charge in [-0.1, -0.05) is 12.1 Å². The third-order valence-electron chi connectivity index (χ3n) is 3.09. The van der Waals surface area contributed by atoms with E-state index >= 15 is 0 Å². The summed E-state index contributed by atoms with van der Waals surface area (Å²) in [6, 6.07) is 14.7. The summed E-state index contributed by atoms with van der Waals surface area (Å²) in [5, 5.41) is 5.60. The maximum Gasteiger partial charge on any atom is 0.319 e. The molecule has 0 radical (unpaired) electrons. The van der Waals surface area contributed by atoms with Crippen LogP contribution in [0.2, 0.25) is 0 Å². The molecule has 2 rings (SSSR count). The predicted molar refractivity (Wildman–Crippen MR) is 91.1 cm³/mol. The second-order valence-corrected chi connectivity index (χ2v) is 4.85. The van der Waals surface area contributed by atoms with Crippen molar-refractivity contribution in [1.82, 2.24) is 5.32 Å². The van der Waals surface area contributed by atoms with Crippen LogP contribution >= 0.6 is 0 Å². The van der Waals surface area contributed by atoms with E-state index in [2.05, 4.69) is 10.6 Å². The van der Waals surface area contributed by atoms with E-state index in [0.717, 1.165) is 17.1 Å². The first-order chi connectivity index (χ1) is 11.2. The second kappa shape index (κ2) is 8.68. The Labute approximate surface area is 136 Å². The third kappa shape index (κ3) is 5.54. The lowest BCUT2D eigenvalue weighted by Crippen LogP contribution is -2.28. The summed E-state index contributed by atoms with van der Waals surface area (Å²) >= 11 is 0. The van der Waals surface area contributed by atoms with Gasteiger partial charge in [-0.3, -0.25) is 0 Å². The number of anilines is 1. The Kier molecular flexibility index (Phi) is 6.29. The fourth-order valence-electron chi connectivity index (χ4n) is 2.07. The molecule has 0 spiro atoms. The zero-order valence-corrected chi connectivity index (χ0v) is 13.5. The Balaban J connectivity index is 1.83. The monoisotopic (exact) mass is 314 g/mol. The summed E-state index contributed by atoms with van der Waals surface area (Å²) < 4.78 is 10.8. The van der Waals surface area contributed by atoms with Crippen molar-refractivity contribution in [2.75, 3.05) is 18.5 Å². The number of amides is 2. The van der Waals surface area contributed by atoms with E-state index in [1.165, 1.54) is 0 Å². The topological polar surface area (TPSA) is 59.6 Å². The number of hydrogen-bond donors (Lipinski definition) is 2. The molecule has 0 aliphatic carbocycles. The molecule has 0 aromatic heterocycles. The molecule has 0 aliphatic heterocycles. The van der Waals surface area contributed by atoms with E-state index in [9.17, 15) is 4.79 Å². The van der Waals surface area contributed by atoms with Gasteiger partial charge in [0, 0.05) is 12.2 Å². The number of hydrogen-bond acceptors (Lipinski definition) is 3. The number of carbonyl (C=O) groups is 1. The van der Waals surface area contributed by atoms with Gasteiger partial charge in [-0.2, -0.15) is 0 Å². The van der Waals surface area contributed by atoms with Crippen LogP contribution in [0.3, 0.4) is 0 Å². The highest BCUT2D eigenvalue weighted by atomic mass is 16.5. The average molecular weight is 314 g/mol. The number of ether oxygens (including phenoxy) is 2.